The lowest BCUT2D eigenvalue weighted by Crippen LogP contribution is -2.15. The van der Waals surface area contributed by atoms with Crippen molar-refractivity contribution in [1.29, 1.82) is 0 Å². The lowest BCUT2D eigenvalue weighted by Gasteiger charge is -1.96. The van der Waals surface area contributed by atoms with Crippen LogP contribution in [0, 0.1) is 0 Å². The molecule has 6 heteroatoms. The predicted molar refractivity (Wildman–Crippen MR) is 55.2 cm³/mol. The molecular weight excluding hydrogens is 216 g/mol. The molecule has 1 rings (SSSR count). The van der Waals surface area contributed by atoms with Crippen LogP contribution in [0.5, 0.6) is 5.75 Å². The summed E-state index contributed by atoms with van der Waals surface area (Å²) in [6.07, 6.45) is -0.954. The SMILES string of the molecule is O=C(O)c1ccc(O)cc1.OCC(O)CO. The van der Waals surface area contributed by atoms with Crippen molar-refractivity contribution < 1.29 is 30.3 Å². The molecule has 0 aliphatic rings. The molecule has 5 N–H and O–H groups in total. The highest BCUT2D eigenvalue weighted by molar-refractivity contribution is 5.87. The topological polar surface area (TPSA) is 118 Å². The number of hydrogen-bond donors (Lipinski definition) is 5. The van der Waals surface area contributed by atoms with Crippen molar-refractivity contribution in [2.45, 2.75) is 6.10 Å². The fraction of sp³-hybridized carbons (Fsp3) is 0.300. The summed E-state index contributed by atoms with van der Waals surface area (Å²) in [4.78, 5) is 10.2. The van der Waals surface area contributed by atoms with Gasteiger partial charge in [-0.2, -0.15) is 0 Å². The van der Waals surface area contributed by atoms with Crippen molar-refractivity contribution in [2.75, 3.05) is 13.2 Å². The normalized spacial score (nSPS) is 9.50. The van der Waals surface area contributed by atoms with Crippen molar-refractivity contribution in [2.24, 2.45) is 0 Å². The van der Waals surface area contributed by atoms with E-state index in [0.29, 0.717) is 0 Å². The highest BCUT2D eigenvalue weighted by Gasteiger charge is 1.99. The van der Waals surface area contributed by atoms with Gasteiger partial charge in [0.1, 0.15) is 11.9 Å². The summed E-state index contributed by atoms with van der Waals surface area (Å²) < 4.78 is 0. The minimum Gasteiger partial charge on any atom is -0.508 e. The van der Waals surface area contributed by atoms with Gasteiger partial charge in [0, 0.05) is 0 Å². The van der Waals surface area contributed by atoms with Gasteiger partial charge in [-0.05, 0) is 24.3 Å². The molecule has 0 spiro atoms. The summed E-state index contributed by atoms with van der Waals surface area (Å²) in [6.45, 7) is -0.729. The minimum atomic E-state index is -0.986. The molecule has 0 saturated heterocycles. The van der Waals surface area contributed by atoms with E-state index in [9.17, 15) is 4.79 Å². The first-order valence-electron chi connectivity index (χ1n) is 4.43. The van der Waals surface area contributed by atoms with E-state index in [2.05, 4.69) is 0 Å². The summed E-state index contributed by atoms with van der Waals surface area (Å²) in [6, 6.07) is 5.36. The summed E-state index contributed by atoms with van der Waals surface area (Å²) in [5.41, 5.74) is 0.179. The van der Waals surface area contributed by atoms with Gasteiger partial charge < -0.3 is 25.5 Å². The van der Waals surface area contributed by atoms with E-state index < -0.39 is 12.1 Å². The zero-order valence-electron chi connectivity index (χ0n) is 8.45. The molecule has 90 valence electrons. The van der Waals surface area contributed by atoms with Crippen LogP contribution in [-0.2, 0) is 0 Å². The van der Waals surface area contributed by atoms with Gasteiger partial charge in [-0.25, -0.2) is 4.79 Å². The van der Waals surface area contributed by atoms with Crippen molar-refractivity contribution >= 4 is 5.97 Å². The van der Waals surface area contributed by atoms with Crippen molar-refractivity contribution in [3.63, 3.8) is 0 Å². The number of carboxylic acids is 1. The smallest absolute Gasteiger partial charge is 0.335 e. The number of carboxylic acid groups (broad SMARTS) is 1. The maximum absolute atomic E-state index is 10.2. The third kappa shape index (κ3) is 5.97. The van der Waals surface area contributed by atoms with Gasteiger partial charge in [0.05, 0.1) is 18.8 Å². The highest BCUT2D eigenvalue weighted by Crippen LogP contribution is 2.08. The number of rotatable bonds is 3. The number of carbonyl (C=O) groups is 1. The number of aliphatic hydroxyl groups excluding tert-OH is 3. The average molecular weight is 230 g/mol. The summed E-state index contributed by atoms with van der Waals surface area (Å²) in [7, 11) is 0. The number of phenolic OH excluding ortho intramolecular Hbond substituents is 1. The molecule has 0 bridgehead atoms. The first kappa shape index (κ1) is 14.4. The molecule has 0 aliphatic heterocycles. The van der Waals surface area contributed by atoms with Gasteiger partial charge in [-0.1, -0.05) is 0 Å². The van der Waals surface area contributed by atoms with Crippen molar-refractivity contribution in [3.8, 4) is 5.75 Å². The fourth-order valence-corrected chi connectivity index (χ4v) is 0.662. The Morgan fingerprint density at radius 2 is 1.56 bits per heavy atom. The van der Waals surface area contributed by atoms with E-state index in [1.807, 2.05) is 0 Å². The van der Waals surface area contributed by atoms with Crippen LogP contribution in [0.25, 0.3) is 0 Å². The van der Waals surface area contributed by atoms with Crippen LogP contribution in [0.4, 0.5) is 0 Å². The highest BCUT2D eigenvalue weighted by atomic mass is 16.4. The number of phenols is 1. The van der Waals surface area contributed by atoms with E-state index in [1.165, 1.54) is 24.3 Å². The third-order valence-electron chi connectivity index (χ3n) is 1.54. The largest absolute Gasteiger partial charge is 0.508 e. The Bertz CT molecular complexity index is 304. The van der Waals surface area contributed by atoms with Crippen LogP contribution >= 0.6 is 0 Å². The van der Waals surface area contributed by atoms with E-state index in [4.69, 9.17) is 25.5 Å². The molecule has 0 aliphatic carbocycles. The van der Waals surface area contributed by atoms with E-state index in [-0.39, 0.29) is 24.5 Å². The molecule has 0 aromatic heterocycles. The van der Waals surface area contributed by atoms with Gasteiger partial charge >= 0.3 is 5.97 Å². The zero-order chi connectivity index (χ0) is 12.6. The van der Waals surface area contributed by atoms with Crippen LogP contribution in [0.2, 0.25) is 0 Å². The maximum Gasteiger partial charge on any atom is 0.335 e. The summed E-state index contributed by atoms with van der Waals surface area (Å²) >= 11 is 0. The van der Waals surface area contributed by atoms with E-state index in [1.54, 1.807) is 0 Å². The Morgan fingerprint density at radius 3 is 1.81 bits per heavy atom. The molecule has 0 atom stereocenters. The predicted octanol–water partition coefficient (Wildman–Crippen LogP) is -0.578. The zero-order valence-corrected chi connectivity index (χ0v) is 8.45. The van der Waals surface area contributed by atoms with Crippen molar-refractivity contribution in [1.82, 2.24) is 0 Å². The number of aromatic hydroxyl groups is 1. The second kappa shape index (κ2) is 7.63. The van der Waals surface area contributed by atoms with Crippen molar-refractivity contribution in [3.05, 3.63) is 29.8 Å². The Balaban J connectivity index is 0.000000325. The van der Waals surface area contributed by atoms with Gasteiger partial charge in [0.2, 0.25) is 0 Å². The Kier molecular flexibility index (Phi) is 6.86. The molecule has 1 aromatic rings. The molecule has 0 radical (unpaired) electrons. The van der Waals surface area contributed by atoms with Crippen LogP contribution < -0.4 is 0 Å². The number of hydrogen-bond acceptors (Lipinski definition) is 5. The molecule has 1 aromatic carbocycles. The molecule has 0 unspecified atom stereocenters. The minimum absolute atomic E-state index is 0.0741. The van der Waals surface area contributed by atoms with Gasteiger partial charge in [0.15, 0.2) is 0 Å². The molecule has 0 amide bonds. The lowest BCUT2D eigenvalue weighted by molar-refractivity contribution is 0.0450. The number of aromatic carboxylic acids is 1. The first-order valence-corrected chi connectivity index (χ1v) is 4.43. The van der Waals surface area contributed by atoms with Gasteiger partial charge in [-0.3, -0.25) is 0 Å². The first-order chi connectivity index (χ1) is 7.51. The lowest BCUT2D eigenvalue weighted by atomic mass is 10.2. The summed E-state index contributed by atoms with van der Waals surface area (Å²) in [5.74, 6) is -0.912. The van der Waals surface area contributed by atoms with Gasteiger partial charge in [0.25, 0.3) is 0 Å². The molecular formula is C10H14O6. The summed E-state index contributed by atoms with van der Waals surface area (Å²) in [5, 5.41) is 41.2. The Labute approximate surface area is 92.0 Å². The Hall–Kier alpha value is -1.63. The molecule has 6 nitrogen and oxygen atoms in total. The quantitative estimate of drug-likeness (QED) is 0.474. The van der Waals surface area contributed by atoms with Crippen LogP contribution in [-0.4, -0.2) is 50.8 Å². The number of benzene rings is 1. The molecule has 0 fully saturated rings. The molecule has 0 saturated carbocycles. The second-order valence-electron chi connectivity index (χ2n) is 2.87. The van der Waals surface area contributed by atoms with E-state index in [0.717, 1.165) is 0 Å². The average Bonchev–Trinajstić information content (AvgIpc) is 2.29. The molecule has 16 heavy (non-hydrogen) atoms. The van der Waals surface area contributed by atoms with Crippen LogP contribution in [0.15, 0.2) is 24.3 Å². The van der Waals surface area contributed by atoms with Crippen LogP contribution in [0.1, 0.15) is 10.4 Å². The van der Waals surface area contributed by atoms with Gasteiger partial charge in [-0.15, -0.1) is 0 Å². The standard InChI is InChI=1S/C7H6O3.C3H8O3/c8-6-3-1-5(2-4-6)7(9)10;4-1-3(6)2-5/h1-4,8H,(H,9,10);3-6H,1-2H2. The monoisotopic (exact) mass is 230 g/mol. The second-order valence-corrected chi connectivity index (χ2v) is 2.87. The maximum atomic E-state index is 10.2. The van der Waals surface area contributed by atoms with Crippen LogP contribution in [0.3, 0.4) is 0 Å². The molecule has 0 heterocycles. The number of aliphatic hydroxyl groups is 3. The third-order valence-corrected chi connectivity index (χ3v) is 1.54. The Morgan fingerprint density at radius 1 is 1.12 bits per heavy atom. The van der Waals surface area contributed by atoms with E-state index >= 15 is 0 Å². The fourth-order valence-electron chi connectivity index (χ4n) is 0.662.